The zero-order valence-electron chi connectivity index (χ0n) is 21.0. The fourth-order valence-corrected chi connectivity index (χ4v) is 7.05. The molecular weight excluding hydrogens is 388 g/mol. The molecule has 2 nitrogen and oxygen atoms in total. The first-order valence-electron chi connectivity index (χ1n) is 12.9. The molecule has 1 saturated heterocycles. The lowest BCUT2D eigenvalue weighted by Crippen LogP contribution is -2.50. The molecular formula is C30H44N2. The molecule has 2 saturated carbocycles. The second-order valence-corrected chi connectivity index (χ2v) is 11.1. The summed E-state index contributed by atoms with van der Waals surface area (Å²) in [7, 11) is 2.28. The van der Waals surface area contributed by atoms with Crippen LogP contribution in [-0.2, 0) is 5.41 Å². The molecule has 1 aromatic carbocycles. The average molecular weight is 433 g/mol. The number of nitrogens with one attached hydrogen (secondary N) is 1. The largest absolute Gasteiger partial charge is 0.380 e. The minimum absolute atomic E-state index is 0.285. The van der Waals surface area contributed by atoms with Crippen molar-refractivity contribution in [2.45, 2.75) is 108 Å². The van der Waals surface area contributed by atoms with Gasteiger partial charge in [-0.1, -0.05) is 74.2 Å². The summed E-state index contributed by atoms with van der Waals surface area (Å²) < 4.78 is 0. The molecule has 1 atom stereocenters. The van der Waals surface area contributed by atoms with Crippen LogP contribution in [0.25, 0.3) is 0 Å². The second-order valence-electron chi connectivity index (χ2n) is 11.1. The van der Waals surface area contributed by atoms with Gasteiger partial charge in [0.2, 0.25) is 0 Å². The quantitative estimate of drug-likeness (QED) is 0.530. The molecule has 3 aliphatic rings. The van der Waals surface area contributed by atoms with Gasteiger partial charge in [0.05, 0.1) is 11.4 Å². The monoisotopic (exact) mass is 432 g/mol. The molecule has 32 heavy (non-hydrogen) atoms. The number of hydrogen-bond acceptors (Lipinski definition) is 2. The molecule has 1 unspecified atom stereocenters. The van der Waals surface area contributed by atoms with Gasteiger partial charge < -0.3 is 10.2 Å². The number of aryl methyl sites for hydroxylation is 2. The third-order valence-electron chi connectivity index (χ3n) is 8.98. The summed E-state index contributed by atoms with van der Waals surface area (Å²) in [6.45, 7) is 15.4. The molecule has 0 aromatic heterocycles. The summed E-state index contributed by atoms with van der Waals surface area (Å²) in [4.78, 5) is 2.51. The predicted octanol–water partition coefficient (Wildman–Crippen LogP) is 7.48. The van der Waals surface area contributed by atoms with Gasteiger partial charge in [-0.25, -0.2) is 0 Å². The van der Waals surface area contributed by atoms with E-state index in [9.17, 15) is 0 Å². The summed E-state index contributed by atoms with van der Waals surface area (Å²) in [6.07, 6.45) is 16.4. The zero-order valence-corrected chi connectivity index (χ0v) is 21.0. The van der Waals surface area contributed by atoms with E-state index >= 15 is 0 Å². The second kappa shape index (κ2) is 9.12. The molecule has 1 heterocycles. The van der Waals surface area contributed by atoms with Crippen LogP contribution in [0.3, 0.4) is 0 Å². The maximum atomic E-state index is 4.59. The Balaban J connectivity index is 1.69. The van der Waals surface area contributed by atoms with Crippen LogP contribution in [0.15, 0.2) is 54.4 Å². The van der Waals surface area contributed by atoms with Crippen molar-refractivity contribution in [3.63, 3.8) is 0 Å². The number of benzene rings is 1. The Morgan fingerprint density at radius 1 is 1.03 bits per heavy atom. The van der Waals surface area contributed by atoms with Gasteiger partial charge in [0.15, 0.2) is 0 Å². The van der Waals surface area contributed by atoms with Crippen molar-refractivity contribution >= 4 is 0 Å². The van der Waals surface area contributed by atoms with Gasteiger partial charge in [0, 0.05) is 18.6 Å². The molecule has 1 spiro atoms. The van der Waals surface area contributed by atoms with Crippen molar-refractivity contribution in [1.29, 1.82) is 0 Å². The van der Waals surface area contributed by atoms with E-state index in [4.69, 9.17) is 0 Å². The summed E-state index contributed by atoms with van der Waals surface area (Å²) >= 11 is 0. The van der Waals surface area contributed by atoms with E-state index in [1.165, 1.54) is 93.0 Å². The van der Waals surface area contributed by atoms with Crippen LogP contribution >= 0.6 is 0 Å². The normalized spacial score (nSPS) is 26.6. The Hall–Kier alpha value is -1.96. The van der Waals surface area contributed by atoms with Gasteiger partial charge >= 0.3 is 0 Å². The van der Waals surface area contributed by atoms with Crippen LogP contribution in [0.4, 0.5) is 0 Å². The van der Waals surface area contributed by atoms with Gasteiger partial charge in [0.25, 0.3) is 0 Å². The lowest BCUT2D eigenvalue weighted by atomic mass is 9.71. The van der Waals surface area contributed by atoms with Crippen LogP contribution in [0.1, 0.15) is 94.2 Å². The molecule has 2 heteroatoms. The summed E-state index contributed by atoms with van der Waals surface area (Å²) in [5.74, 6) is 0. The van der Waals surface area contributed by atoms with Crippen LogP contribution in [0.5, 0.6) is 0 Å². The first-order valence-corrected chi connectivity index (χ1v) is 12.9. The number of allylic oxidation sites excluding steroid dienone is 2. The molecule has 1 aliphatic heterocycles. The van der Waals surface area contributed by atoms with Crippen molar-refractivity contribution < 1.29 is 0 Å². The molecule has 3 fully saturated rings. The van der Waals surface area contributed by atoms with Crippen LogP contribution < -0.4 is 5.32 Å². The fraction of sp³-hybridized carbons (Fsp3) is 0.600. The first kappa shape index (κ1) is 23.2. The van der Waals surface area contributed by atoms with Gasteiger partial charge in [-0.05, 0) is 82.3 Å². The van der Waals surface area contributed by atoms with Crippen molar-refractivity contribution in [3.05, 3.63) is 71.1 Å². The smallest absolute Gasteiger partial charge is 0.0603 e. The molecule has 4 rings (SSSR count). The molecule has 0 radical (unpaired) electrons. The van der Waals surface area contributed by atoms with E-state index in [2.05, 4.69) is 69.4 Å². The lowest BCUT2D eigenvalue weighted by molar-refractivity contribution is 0.134. The zero-order chi connectivity index (χ0) is 22.9. The lowest BCUT2D eigenvalue weighted by Gasteiger charge is -2.47. The minimum Gasteiger partial charge on any atom is -0.380 e. The Labute approximate surface area is 196 Å². The van der Waals surface area contributed by atoms with Gasteiger partial charge in [-0.2, -0.15) is 0 Å². The molecule has 0 amide bonds. The van der Waals surface area contributed by atoms with Gasteiger partial charge in [0.1, 0.15) is 0 Å². The fourth-order valence-electron chi connectivity index (χ4n) is 7.05. The molecule has 1 aromatic rings. The number of likely N-dealkylation sites (N-methyl/N-ethyl adjacent to an activating group) is 1. The highest BCUT2D eigenvalue weighted by molar-refractivity contribution is 5.38. The highest BCUT2D eigenvalue weighted by atomic mass is 15.2. The molecule has 0 bridgehead atoms. The van der Waals surface area contributed by atoms with Crippen LogP contribution in [0, 0.1) is 13.8 Å². The Morgan fingerprint density at radius 2 is 1.62 bits per heavy atom. The highest BCUT2D eigenvalue weighted by Crippen LogP contribution is 2.48. The molecule has 2 aliphatic carbocycles. The van der Waals surface area contributed by atoms with Crippen molar-refractivity contribution in [1.82, 2.24) is 10.2 Å². The topological polar surface area (TPSA) is 15.3 Å². The predicted molar refractivity (Wildman–Crippen MR) is 138 cm³/mol. The van der Waals surface area contributed by atoms with Crippen LogP contribution in [0.2, 0.25) is 0 Å². The number of rotatable bonds is 4. The highest BCUT2D eigenvalue weighted by Gasteiger charge is 2.43. The number of nitrogens with zero attached hydrogens (tertiary/aromatic N) is 1. The van der Waals surface area contributed by atoms with E-state index in [1.54, 1.807) is 5.56 Å². The van der Waals surface area contributed by atoms with E-state index in [1.807, 2.05) is 6.08 Å². The Kier molecular flexibility index (Phi) is 6.61. The Bertz CT molecular complexity index is 873. The molecule has 1 N–H and O–H groups in total. The third kappa shape index (κ3) is 4.30. The van der Waals surface area contributed by atoms with Crippen LogP contribution in [-0.4, -0.2) is 23.5 Å². The Morgan fingerprint density at radius 3 is 2.22 bits per heavy atom. The van der Waals surface area contributed by atoms with E-state index < -0.39 is 0 Å². The SMILES string of the molecule is C=C/C(C)=C1\NC(CC2(c3cc(C)cc(C)c3)CCCC2)CCC2(CCCC2)N(C)C1=C. The van der Waals surface area contributed by atoms with Crippen molar-refractivity contribution in [2.75, 3.05) is 7.05 Å². The standard InChI is InChI=1S/C30H44N2/c1-7-24(4)28-25(5)32(6)30(15-10-11-16-30)17-12-27(31-28)21-29(13-8-9-14-29)26-19-22(2)18-23(3)20-26/h7,18-20,27,31H,1,5,8-17,21H2,2-4,6H3/b28-24-. The number of hydrogen-bond donors (Lipinski definition) is 1. The third-order valence-corrected chi connectivity index (χ3v) is 8.98. The van der Waals surface area contributed by atoms with Crippen molar-refractivity contribution in [3.8, 4) is 0 Å². The van der Waals surface area contributed by atoms with Gasteiger partial charge in [-0.3, -0.25) is 0 Å². The van der Waals surface area contributed by atoms with Crippen molar-refractivity contribution in [2.24, 2.45) is 0 Å². The average Bonchev–Trinajstić information content (AvgIpc) is 3.44. The van der Waals surface area contributed by atoms with E-state index in [0.717, 1.165) is 5.70 Å². The summed E-state index contributed by atoms with van der Waals surface area (Å²) in [5, 5.41) is 4.01. The van der Waals surface area contributed by atoms with E-state index in [0.29, 0.717) is 11.5 Å². The summed E-state index contributed by atoms with van der Waals surface area (Å²) in [6, 6.07) is 7.73. The molecule has 174 valence electrons. The van der Waals surface area contributed by atoms with E-state index in [-0.39, 0.29) is 5.54 Å². The maximum absolute atomic E-state index is 4.59. The van der Waals surface area contributed by atoms with Gasteiger partial charge in [-0.15, -0.1) is 0 Å². The summed E-state index contributed by atoms with van der Waals surface area (Å²) in [5.41, 5.74) is 8.56. The maximum Gasteiger partial charge on any atom is 0.0603 e. The first-order chi connectivity index (χ1) is 15.3. The minimum atomic E-state index is 0.285.